The molecule has 0 atom stereocenters. The summed E-state index contributed by atoms with van der Waals surface area (Å²) >= 11 is 1.10. The van der Waals surface area contributed by atoms with Crippen LogP contribution in [0.3, 0.4) is 0 Å². The van der Waals surface area contributed by atoms with E-state index in [9.17, 15) is 23.3 Å². The predicted octanol–water partition coefficient (Wildman–Crippen LogP) is 3.44. The van der Waals surface area contributed by atoms with Gasteiger partial charge in [0.05, 0.1) is 4.92 Å². The summed E-state index contributed by atoms with van der Waals surface area (Å²) in [6.45, 7) is 0. The second-order valence-electron chi connectivity index (χ2n) is 3.18. The van der Waals surface area contributed by atoms with Gasteiger partial charge in [0, 0.05) is 5.69 Å². The Morgan fingerprint density at radius 2 is 2.00 bits per heavy atom. The monoisotopic (exact) mass is 294 g/mol. The summed E-state index contributed by atoms with van der Waals surface area (Å²) in [5.74, 6) is -0.359. The second kappa shape index (κ2) is 6.32. The van der Waals surface area contributed by atoms with E-state index in [1.54, 1.807) is 6.26 Å². The molecule has 0 saturated carbocycles. The summed E-state index contributed by atoms with van der Waals surface area (Å²) in [7, 11) is 0. The highest BCUT2D eigenvalue weighted by molar-refractivity contribution is 8.02. The van der Waals surface area contributed by atoms with Crippen LogP contribution in [0.5, 0.6) is 5.75 Å². The number of benzene rings is 1. The molecule has 0 aromatic heterocycles. The highest BCUT2D eigenvalue weighted by atomic mass is 32.2. The molecule has 1 aromatic rings. The van der Waals surface area contributed by atoms with Gasteiger partial charge in [0.1, 0.15) is 10.8 Å². The third-order valence-electron chi connectivity index (χ3n) is 1.80. The molecule has 0 aliphatic heterocycles. The zero-order valence-corrected chi connectivity index (χ0v) is 10.4. The van der Waals surface area contributed by atoms with Gasteiger partial charge in [0.25, 0.3) is 6.20 Å². The first-order valence-electron chi connectivity index (χ1n) is 4.82. The van der Waals surface area contributed by atoms with Crippen molar-refractivity contribution < 1.29 is 22.8 Å². The van der Waals surface area contributed by atoms with Crippen LogP contribution in [0.4, 0.5) is 18.9 Å². The van der Waals surface area contributed by atoms with Crippen molar-refractivity contribution in [1.82, 2.24) is 0 Å². The van der Waals surface area contributed by atoms with Crippen molar-refractivity contribution in [3.8, 4) is 5.75 Å². The summed E-state index contributed by atoms with van der Waals surface area (Å²) in [5, 5.41) is 13.3. The molecule has 104 valence electrons. The van der Waals surface area contributed by atoms with Crippen LogP contribution < -0.4 is 10.1 Å². The van der Waals surface area contributed by atoms with Gasteiger partial charge in [0.2, 0.25) is 0 Å². The molecule has 19 heavy (non-hydrogen) atoms. The Morgan fingerprint density at radius 3 is 2.42 bits per heavy atom. The fourth-order valence-electron chi connectivity index (χ4n) is 1.11. The van der Waals surface area contributed by atoms with E-state index in [0.29, 0.717) is 5.69 Å². The maximum Gasteiger partial charge on any atom is 0.573 e. The van der Waals surface area contributed by atoms with Crippen molar-refractivity contribution in [3.63, 3.8) is 0 Å². The molecule has 0 aliphatic carbocycles. The lowest BCUT2D eigenvalue weighted by molar-refractivity contribution is -0.402. The zero-order chi connectivity index (χ0) is 14.5. The van der Waals surface area contributed by atoms with E-state index < -0.39 is 11.3 Å². The van der Waals surface area contributed by atoms with Crippen LogP contribution >= 0.6 is 11.8 Å². The van der Waals surface area contributed by atoms with E-state index in [1.807, 2.05) is 0 Å². The summed E-state index contributed by atoms with van der Waals surface area (Å²) < 4.78 is 39.5. The molecule has 1 N–H and O–H groups in total. The van der Waals surface area contributed by atoms with E-state index in [2.05, 4.69) is 10.1 Å². The van der Waals surface area contributed by atoms with Crippen LogP contribution in [0.2, 0.25) is 0 Å². The van der Waals surface area contributed by atoms with Crippen LogP contribution in [-0.2, 0) is 0 Å². The molecule has 0 saturated heterocycles. The maximum absolute atomic E-state index is 11.9. The number of alkyl halides is 3. The van der Waals surface area contributed by atoms with Gasteiger partial charge < -0.3 is 10.1 Å². The summed E-state index contributed by atoms with van der Waals surface area (Å²) in [6, 6.07) is 4.87. The van der Waals surface area contributed by atoms with Crippen LogP contribution in [0.25, 0.3) is 0 Å². The van der Waals surface area contributed by atoms with Crippen molar-refractivity contribution in [2.75, 3.05) is 11.6 Å². The molecule has 1 aromatic carbocycles. The molecule has 0 radical (unpaired) electrons. The molecule has 0 amide bonds. The fourth-order valence-corrected chi connectivity index (χ4v) is 1.53. The first-order valence-corrected chi connectivity index (χ1v) is 6.05. The molecule has 9 heteroatoms. The fraction of sp³-hybridized carbons (Fsp3) is 0.200. The first-order chi connectivity index (χ1) is 8.80. The number of nitrogens with zero attached hydrogens (tertiary/aromatic N) is 1. The standard InChI is InChI=1S/C10H9F3N2O3S/c1-19-9(6-15(16)17)14-7-2-4-8(5-3-7)18-10(11,12)13/h2-6,14H,1H3. The number of rotatable bonds is 5. The van der Waals surface area contributed by atoms with Crippen LogP contribution in [-0.4, -0.2) is 17.5 Å². The van der Waals surface area contributed by atoms with Gasteiger partial charge in [-0.1, -0.05) is 0 Å². The van der Waals surface area contributed by atoms with E-state index in [-0.39, 0.29) is 10.8 Å². The van der Waals surface area contributed by atoms with Gasteiger partial charge in [-0.15, -0.1) is 24.9 Å². The number of thioether (sulfide) groups is 1. The van der Waals surface area contributed by atoms with Gasteiger partial charge in [-0.05, 0) is 30.5 Å². The number of anilines is 1. The normalized spacial score (nSPS) is 12.1. The highest BCUT2D eigenvalue weighted by Crippen LogP contribution is 2.25. The van der Waals surface area contributed by atoms with Gasteiger partial charge in [-0.2, -0.15) is 0 Å². The molecule has 0 fully saturated rings. The SMILES string of the molecule is CSC(=C[N+](=O)[O-])Nc1ccc(OC(F)(F)F)cc1. The molecular weight excluding hydrogens is 285 g/mol. The van der Waals surface area contributed by atoms with Crippen LogP contribution in [0.1, 0.15) is 0 Å². The lowest BCUT2D eigenvalue weighted by Gasteiger charge is -2.10. The van der Waals surface area contributed by atoms with Crippen LogP contribution in [0, 0.1) is 10.1 Å². The average molecular weight is 294 g/mol. The Balaban J connectivity index is 2.74. The Hall–Kier alpha value is -1.90. The molecule has 0 heterocycles. The Labute approximate surface area is 110 Å². The third-order valence-corrected chi connectivity index (χ3v) is 2.45. The first kappa shape index (κ1) is 15.2. The molecule has 0 bridgehead atoms. The van der Waals surface area contributed by atoms with E-state index in [0.717, 1.165) is 30.1 Å². The number of nitrogens with one attached hydrogen (secondary N) is 1. The minimum Gasteiger partial charge on any atom is -0.406 e. The smallest absolute Gasteiger partial charge is 0.406 e. The Kier molecular flexibility index (Phi) is 5.04. The molecule has 0 aliphatic rings. The summed E-state index contributed by atoms with van der Waals surface area (Å²) in [4.78, 5) is 9.68. The van der Waals surface area contributed by atoms with E-state index in [1.165, 1.54) is 12.1 Å². The second-order valence-corrected chi connectivity index (χ2v) is 4.03. The lowest BCUT2D eigenvalue weighted by atomic mass is 10.3. The van der Waals surface area contributed by atoms with Gasteiger partial charge in [-0.25, -0.2) is 0 Å². The van der Waals surface area contributed by atoms with Crippen molar-refractivity contribution in [2.45, 2.75) is 6.36 Å². The highest BCUT2D eigenvalue weighted by Gasteiger charge is 2.30. The van der Waals surface area contributed by atoms with Crippen molar-refractivity contribution in [1.29, 1.82) is 0 Å². The minimum atomic E-state index is -4.75. The zero-order valence-electron chi connectivity index (χ0n) is 9.60. The van der Waals surface area contributed by atoms with Crippen molar-refractivity contribution >= 4 is 17.4 Å². The van der Waals surface area contributed by atoms with Crippen LogP contribution in [0.15, 0.2) is 35.5 Å². The van der Waals surface area contributed by atoms with E-state index >= 15 is 0 Å². The number of nitro groups is 1. The summed E-state index contributed by atoms with van der Waals surface area (Å²) in [5.41, 5.74) is 0.414. The van der Waals surface area contributed by atoms with Gasteiger partial charge in [0.15, 0.2) is 0 Å². The lowest BCUT2D eigenvalue weighted by Crippen LogP contribution is -2.17. The molecule has 0 unspecified atom stereocenters. The largest absolute Gasteiger partial charge is 0.573 e. The minimum absolute atomic E-state index is 0.259. The predicted molar refractivity (Wildman–Crippen MR) is 65.3 cm³/mol. The molecule has 0 spiro atoms. The molecule has 5 nitrogen and oxygen atoms in total. The van der Waals surface area contributed by atoms with Crippen molar-refractivity contribution in [2.24, 2.45) is 0 Å². The average Bonchev–Trinajstić information content (AvgIpc) is 2.28. The van der Waals surface area contributed by atoms with E-state index in [4.69, 9.17) is 0 Å². The number of ether oxygens (including phenoxy) is 1. The maximum atomic E-state index is 11.9. The van der Waals surface area contributed by atoms with Gasteiger partial charge >= 0.3 is 6.36 Å². The third kappa shape index (κ3) is 6.00. The number of halogens is 3. The van der Waals surface area contributed by atoms with Gasteiger partial charge in [-0.3, -0.25) is 10.1 Å². The van der Waals surface area contributed by atoms with Crippen molar-refractivity contribution in [3.05, 3.63) is 45.6 Å². The topological polar surface area (TPSA) is 64.4 Å². The molecular formula is C10H9F3N2O3S. The summed E-state index contributed by atoms with van der Waals surface area (Å²) in [6.07, 6.45) is -2.35. The number of hydrogen-bond acceptors (Lipinski definition) is 5. The Morgan fingerprint density at radius 1 is 1.42 bits per heavy atom. The number of hydrogen-bond donors (Lipinski definition) is 1. The Bertz CT molecular complexity index is 474. The molecule has 1 rings (SSSR count). The quantitative estimate of drug-likeness (QED) is 0.665.